The molecule has 0 amide bonds. The number of rotatable bonds is 42. The van der Waals surface area contributed by atoms with Crippen LogP contribution in [0.2, 0.25) is 0 Å². The molecule has 0 aromatic carbocycles. The average molecular weight is 919 g/mol. The molecule has 0 aliphatic carbocycles. The van der Waals surface area contributed by atoms with Crippen molar-refractivity contribution < 1.29 is 50.1 Å². The topological polar surface area (TPSA) is 112 Å². The first-order valence-corrected chi connectivity index (χ1v) is 31.4. The third kappa shape index (κ3) is 59.4. The van der Waals surface area contributed by atoms with Gasteiger partial charge in [0.2, 0.25) is 22.1 Å². The first-order valence-electron chi connectivity index (χ1n) is 25.3. The molecule has 0 saturated carbocycles. The van der Waals surface area contributed by atoms with Gasteiger partial charge in [-0.3, -0.25) is 13.7 Å². The molecular formula is C48H105O6P3Ti. The fraction of sp³-hybridized carbons (Fsp3) is 1.00. The molecule has 0 aromatic heterocycles. The summed E-state index contributed by atoms with van der Waals surface area (Å²) < 4.78 is 35.8. The van der Waals surface area contributed by atoms with Gasteiger partial charge in [-0.1, -0.05) is 234 Å². The van der Waals surface area contributed by atoms with Gasteiger partial charge in [0.25, 0.3) is 0 Å². The van der Waals surface area contributed by atoms with Crippen LogP contribution < -0.4 is 0 Å². The smallest absolute Gasteiger partial charge is 0.200 e. The molecule has 6 nitrogen and oxygen atoms in total. The molecular weight excluding hydrogens is 813 g/mol. The van der Waals surface area contributed by atoms with Gasteiger partial charge >= 0.3 is 0 Å². The van der Waals surface area contributed by atoms with Crippen LogP contribution in [0, 0.1) is 0 Å². The fourth-order valence-corrected chi connectivity index (χ4v) is 12.1. The van der Waals surface area contributed by atoms with Crippen LogP contribution in [0.25, 0.3) is 0 Å². The SMILES string of the molecule is CCCCCCCCP(=O)(O)CCCCCCCC.CCCCCCCCP(=O)(O)CCCCCCCC.CCCCCCCCP(=O)(O)CCCCCCCC.[Ti]. The van der Waals surface area contributed by atoms with Crippen LogP contribution in [-0.4, -0.2) is 51.7 Å². The van der Waals surface area contributed by atoms with Crippen LogP contribution in [0.15, 0.2) is 0 Å². The van der Waals surface area contributed by atoms with Crippen molar-refractivity contribution in [3.8, 4) is 0 Å². The number of hydrogen-bond donors (Lipinski definition) is 3. The first-order chi connectivity index (χ1) is 27.4. The molecule has 0 unspecified atom stereocenters. The van der Waals surface area contributed by atoms with Crippen molar-refractivity contribution in [3.05, 3.63) is 0 Å². The minimum atomic E-state index is -2.80. The van der Waals surface area contributed by atoms with Crippen molar-refractivity contribution >= 4 is 22.1 Å². The van der Waals surface area contributed by atoms with Crippen molar-refractivity contribution in [2.45, 2.75) is 273 Å². The van der Waals surface area contributed by atoms with E-state index < -0.39 is 22.1 Å². The Labute approximate surface area is 379 Å². The van der Waals surface area contributed by atoms with E-state index in [4.69, 9.17) is 0 Å². The Kier molecular flexibility index (Phi) is 57.9. The number of hydrogen-bond acceptors (Lipinski definition) is 3. The molecule has 0 aromatic rings. The minimum Gasteiger partial charge on any atom is -0.344 e. The average Bonchev–Trinajstić information content (AvgIpc) is 3.17. The summed E-state index contributed by atoms with van der Waals surface area (Å²) in [5.41, 5.74) is 0. The monoisotopic (exact) mass is 919 g/mol. The van der Waals surface area contributed by atoms with Crippen LogP contribution in [0.4, 0.5) is 0 Å². The van der Waals surface area contributed by atoms with Gasteiger partial charge in [-0.15, -0.1) is 0 Å². The number of unbranched alkanes of at least 4 members (excludes halogenated alkanes) is 30. The van der Waals surface area contributed by atoms with E-state index in [0.717, 1.165) is 77.0 Å². The van der Waals surface area contributed by atoms with Crippen LogP contribution in [0.1, 0.15) is 273 Å². The Morgan fingerprint density at radius 2 is 0.328 bits per heavy atom. The van der Waals surface area contributed by atoms with Gasteiger partial charge < -0.3 is 14.7 Å². The van der Waals surface area contributed by atoms with Crippen molar-refractivity contribution in [1.82, 2.24) is 0 Å². The standard InChI is InChI=1S/3C16H35O2P.Ti/c3*1-3-5-7-9-11-13-15-19(17,18)16-14-12-10-8-6-4-2;/h3*3-16H2,1-2H3,(H,17,18);. The predicted molar refractivity (Wildman–Crippen MR) is 259 cm³/mol. The zero-order valence-corrected chi connectivity index (χ0v) is 44.4. The van der Waals surface area contributed by atoms with Crippen LogP contribution in [0.5, 0.6) is 0 Å². The van der Waals surface area contributed by atoms with Gasteiger partial charge in [0.15, 0.2) is 0 Å². The van der Waals surface area contributed by atoms with Gasteiger partial charge in [0.1, 0.15) is 0 Å². The molecule has 0 spiro atoms. The summed E-state index contributed by atoms with van der Waals surface area (Å²) in [5.74, 6) is 0. The van der Waals surface area contributed by atoms with Gasteiger partial charge in [-0.25, -0.2) is 0 Å². The maximum atomic E-state index is 11.9. The summed E-state index contributed by atoms with van der Waals surface area (Å²) >= 11 is 0. The maximum Gasteiger partial charge on any atom is 0.200 e. The summed E-state index contributed by atoms with van der Waals surface area (Å²) in [7, 11) is -8.41. The third-order valence-corrected chi connectivity index (χ3v) is 17.3. The summed E-state index contributed by atoms with van der Waals surface area (Å²) in [6.45, 7) is 13.3. The zero-order valence-electron chi connectivity index (χ0n) is 40.1. The molecule has 0 rings (SSSR count). The van der Waals surface area contributed by atoms with Crippen molar-refractivity contribution in [3.63, 3.8) is 0 Å². The maximum absolute atomic E-state index is 11.9. The van der Waals surface area contributed by atoms with E-state index in [1.54, 1.807) is 0 Å². The molecule has 0 saturated heterocycles. The first kappa shape index (κ1) is 65.9. The second kappa shape index (κ2) is 50.9. The second-order valence-electron chi connectivity index (χ2n) is 17.5. The normalized spacial score (nSPS) is 11.7. The van der Waals surface area contributed by atoms with Crippen molar-refractivity contribution in [1.29, 1.82) is 0 Å². The Bertz CT molecular complexity index is 748. The molecule has 0 fully saturated rings. The molecule has 0 bridgehead atoms. The molecule has 0 radical (unpaired) electrons. The van der Waals surface area contributed by atoms with Crippen LogP contribution in [0.3, 0.4) is 0 Å². The second-order valence-corrected chi connectivity index (χ2v) is 25.2. The Hall–Kier alpha value is 1.28. The Morgan fingerprint density at radius 3 is 0.448 bits per heavy atom. The molecule has 58 heavy (non-hydrogen) atoms. The molecule has 3 N–H and O–H groups in total. The molecule has 0 atom stereocenters. The molecule has 352 valence electrons. The third-order valence-electron chi connectivity index (χ3n) is 11.2. The van der Waals surface area contributed by atoms with Crippen LogP contribution in [-0.2, 0) is 35.4 Å². The van der Waals surface area contributed by atoms with Gasteiger partial charge in [-0.2, -0.15) is 0 Å². The van der Waals surface area contributed by atoms with Crippen molar-refractivity contribution in [2.24, 2.45) is 0 Å². The minimum absolute atomic E-state index is 0. The fourth-order valence-electron chi connectivity index (χ4n) is 7.17. The van der Waals surface area contributed by atoms with E-state index in [1.165, 1.54) is 154 Å². The molecule has 0 heterocycles. The summed E-state index contributed by atoms with van der Waals surface area (Å²) in [6.07, 6.45) is 46.1. The quantitative estimate of drug-likeness (QED) is 0.0319. The van der Waals surface area contributed by atoms with Gasteiger partial charge in [-0.05, 0) is 38.5 Å². The van der Waals surface area contributed by atoms with Gasteiger partial charge in [0.05, 0.1) is 0 Å². The molecule has 10 heteroatoms. The van der Waals surface area contributed by atoms with E-state index in [9.17, 15) is 28.4 Å². The van der Waals surface area contributed by atoms with E-state index in [-0.39, 0.29) is 21.7 Å². The van der Waals surface area contributed by atoms with E-state index in [2.05, 4.69) is 41.5 Å². The van der Waals surface area contributed by atoms with Gasteiger partial charge in [0, 0.05) is 58.7 Å². The molecule has 0 aliphatic heterocycles. The summed E-state index contributed by atoms with van der Waals surface area (Å²) in [4.78, 5) is 29.6. The van der Waals surface area contributed by atoms with E-state index in [0.29, 0.717) is 37.0 Å². The summed E-state index contributed by atoms with van der Waals surface area (Å²) in [6, 6.07) is 0. The Morgan fingerprint density at radius 1 is 0.224 bits per heavy atom. The van der Waals surface area contributed by atoms with Crippen molar-refractivity contribution in [2.75, 3.05) is 37.0 Å². The molecule has 0 aliphatic rings. The Balaban J connectivity index is -0.000000374. The van der Waals surface area contributed by atoms with E-state index in [1.807, 2.05) is 0 Å². The summed E-state index contributed by atoms with van der Waals surface area (Å²) in [5, 5.41) is 0. The van der Waals surface area contributed by atoms with Crippen LogP contribution >= 0.6 is 22.1 Å². The zero-order chi connectivity index (χ0) is 43.2. The van der Waals surface area contributed by atoms with E-state index >= 15 is 0 Å². The largest absolute Gasteiger partial charge is 0.344 e. The predicted octanol–water partition coefficient (Wildman–Crippen LogP) is 17.9.